The van der Waals surface area contributed by atoms with E-state index in [-0.39, 0.29) is 17.7 Å². The number of nitrogens with one attached hydrogen (secondary N) is 1. The summed E-state index contributed by atoms with van der Waals surface area (Å²) in [5.41, 5.74) is 1.79. The molecule has 1 aromatic carbocycles. The lowest BCUT2D eigenvalue weighted by atomic mass is 10.1. The maximum Gasteiger partial charge on any atom is 0.235 e. The van der Waals surface area contributed by atoms with Gasteiger partial charge in [-0.15, -0.1) is 0 Å². The van der Waals surface area contributed by atoms with E-state index in [0.717, 1.165) is 5.56 Å². The van der Waals surface area contributed by atoms with Gasteiger partial charge in [0.2, 0.25) is 5.91 Å². The minimum absolute atomic E-state index is 0.0305. The van der Waals surface area contributed by atoms with E-state index in [4.69, 9.17) is 0 Å². The van der Waals surface area contributed by atoms with Crippen molar-refractivity contribution in [3.63, 3.8) is 0 Å². The highest BCUT2D eigenvalue weighted by Gasteiger charge is 2.19. The molecule has 0 aliphatic carbocycles. The van der Waals surface area contributed by atoms with E-state index in [1.807, 2.05) is 39.8 Å². The molecule has 5 heteroatoms. The Morgan fingerprint density at radius 1 is 1.15 bits per heavy atom. The Labute approximate surface area is 121 Å². The van der Waals surface area contributed by atoms with Gasteiger partial charge in [0, 0.05) is 6.04 Å². The molecule has 0 heterocycles. The van der Waals surface area contributed by atoms with E-state index in [1.54, 1.807) is 12.1 Å². The van der Waals surface area contributed by atoms with Crippen molar-refractivity contribution in [2.45, 2.75) is 39.5 Å². The van der Waals surface area contributed by atoms with Gasteiger partial charge < -0.3 is 5.32 Å². The van der Waals surface area contributed by atoms with Gasteiger partial charge in [-0.1, -0.05) is 43.7 Å². The van der Waals surface area contributed by atoms with Crippen molar-refractivity contribution in [2.75, 3.05) is 5.75 Å². The third-order valence-electron chi connectivity index (χ3n) is 3.25. The average Bonchev–Trinajstić information content (AvgIpc) is 2.30. The van der Waals surface area contributed by atoms with Gasteiger partial charge in [0.05, 0.1) is 5.75 Å². The standard InChI is InChI=1S/C15H23NO3S/c1-11(2)13(4)16-15(17)10-20(18,19)9-14-7-5-12(3)6-8-14/h5-8,11,13H,9-10H2,1-4H3,(H,16,17)/t13-/m1/s1. The molecule has 0 fully saturated rings. The van der Waals surface area contributed by atoms with Gasteiger partial charge in [-0.25, -0.2) is 8.42 Å². The van der Waals surface area contributed by atoms with Crippen LogP contribution in [0.5, 0.6) is 0 Å². The van der Waals surface area contributed by atoms with Crippen molar-refractivity contribution in [2.24, 2.45) is 5.92 Å². The van der Waals surface area contributed by atoms with Crippen molar-refractivity contribution in [3.8, 4) is 0 Å². The highest BCUT2D eigenvalue weighted by Crippen LogP contribution is 2.09. The highest BCUT2D eigenvalue weighted by molar-refractivity contribution is 7.91. The monoisotopic (exact) mass is 297 g/mol. The lowest BCUT2D eigenvalue weighted by molar-refractivity contribution is -0.119. The third kappa shape index (κ3) is 5.74. The summed E-state index contributed by atoms with van der Waals surface area (Å²) in [6.07, 6.45) is 0. The van der Waals surface area contributed by atoms with Crippen LogP contribution in [0, 0.1) is 12.8 Å². The number of hydrogen-bond acceptors (Lipinski definition) is 3. The first-order valence-electron chi connectivity index (χ1n) is 6.75. The van der Waals surface area contributed by atoms with Crippen LogP contribution in [-0.4, -0.2) is 26.1 Å². The molecule has 0 saturated carbocycles. The topological polar surface area (TPSA) is 63.2 Å². The van der Waals surface area contributed by atoms with Crippen molar-refractivity contribution in [1.82, 2.24) is 5.32 Å². The number of rotatable bonds is 6. The molecule has 0 saturated heterocycles. The minimum Gasteiger partial charge on any atom is -0.353 e. The van der Waals surface area contributed by atoms with Crippen molar-refractivity contribution >= 4 is 15.7 Å². The molecule has 4 nitrogen and oxygen atoms in total. The quantitative estimate of drug-likeness (QED) is 0.874. The van der Waals surface area contributed by atoms with Gasteiger partial charge in [-0.05, 0) is 25.3 Å². The van der Waals surface area contributed by atoms with Gasteiger partial charge >= 0.3 is 0 Å². The fraction of sp³-hybridized carbons (Fsp3) is 0.533. The fourth-order valence-corrected chi connectivity index (χ4v) is 2.94. The predicted octanol–water partition coefficient (Wildman–Crippen LogP) is 2.07. The first-order chi connectivity index (χ1) is 9.19. The first kappa shape index (κ1) is 16.7. The molecule has 0 aliphatic rings. The fourth-order valence-electron chi connectivity index (χ4n) is 1.65. The maximum atomic E-state index is 12.0. The van der Waals surface area contributed by atoms with Gasteiger partial charge in [0.1, 0.15) is 5.75 Å². The van der Waals surface area contributed by atoms with Crippen LogP contribution in [0.2, 0.25) is 0 Å². The Bertz CT molecular complexity index is 547. The SMILES string of the molecule is Cc1ccc(CS(=O)(=O)CC(=O)N[C@H](C)C(C)C)cc1. The summed E-state index contributed by atoms with van der Waals surface area (Å²) < 4.78 is 24.0. The Hall–Kier alpha value is -1.36. The zero-order valence-corrected chi connectivity index (χ0v) is 13.3. The summed E-state index contributed by atoms with van der Waals surface area (Å²) in [4.78, 5) is 11.7. The Kier molecular flexibility index (Phi) is 5.74. The molecule has 1 atom stereocenters. The van der Waals surface area contributed by atoms with Crippen molar-refractivity contribution < 1.29 is 13.2 Å². The molecule has 0 aromatic heterocycles. The second-order valence-electron chi connectivity index (χ2n) is 5.62. The van der Waals surface area contributed by atoms with Crippen LogP contribution in [0.3, 0.4) is 0 Å². The van der Waals surface area contributed by atoms with Gasteiger partial charge in [-0.3, -0.25) is 4.79 Å². The number of aryl methyl sites for hydroxylation is 1. The second-order valence-corrected chi connectivity index (χ2v) is 7.68. The van der Waals surface area contributed by atoms with Crippen molar-refractivity contribution in [1.29, 1.82) is 0 Å². The molecular weight excluding hydrogens is 274 g/mol. The summed E-state index contributed by atoms with van der Waals surface area (Å²) in [5, 5.41) is 2.71. The number of amides is 1. The summed E-state index contributed by atoms with van der Waals surface area (Å²) in [6.45, 7) is 7.77. The number of carbonyl (C=O) groups excluding carboxylic acids is 1. The van der Waals surface area contributed by atoms with E-state index in [9.17, 15) is 13.2 Å². The van der Waals surface area contributed by atoms with E-state index >= 15 is 0 Å². The van der Waals surface area contributed by atoms with E-state index in [2.05, 4.69) is 5.32 Å². The summed E-state index contributed by atoms with van der Waals surface area (Å²) in [5.74, 6) is -0.716. The molecule has 0 aliphatic heterocycles. The smallest absolute Gasteiger partial charge is 0.235 e. The third-order valence-corrected chi connectivity index (χ3v) is 4.72. The highest BCUT2D eigenvalue weighted by atomic mass is 32.2. The molecule has 1 N–H and O–H groups in total. The Balaban J connectivity index is 2.61. The van der Waals surface area contributed by atoms with Gasteiger partial charge in [0.15, 0.2) is 9.84 Å². The molecular formula is C15H23NO3S. The van der Waals surface area contributed by atoms with Crippen LogP contribution in [0.4, 0.5) is 0 Å². The first-order valence-corrected chi connectivity index (χ1v) is 8.57. The number of carbonyl (C=O) groups is 1. The predicted molar refractivity (Wildman–Crippen MR) is 81.1 cm³/mol. The number of sulfone groups is 1. The summed E-state index contributed by atoms with van der Waals surface area (Å²) in [6, 6.07) is 7.26. The second kappa shape index (κ2) is 6.88. The van der Waals surface area contributed by atoms with E-state index in [1.165, 1.54) is 0 Å². The zero-order valence-electron chi connectivity index (χ0n) is 12.5. The largest absolute Gasteiger partial charge is 0.353 e. The summed E-state index contributed by atoms with van der Waals surface area (Å²) in [7, 11) is -3.43. The van der Waals surface area contributed by atoms with E-state index < -0.39 is 21.5 Å². The summed E-state index contributed by atoms with van der Waals surface area (Å²) >= 11 is 0. The van der Waals surface area contributed by atoms with Gasteiger partial charge in [0.25, 0.3) is 0 Å². The van der Waals surface area contributed by atoms with Crippen LogP contribution in [0.25, 0.3) is 0 Å². The molecule has 0 bridgehead atoms. The molecule has 0 unspecified atom stereocenters. The zero-order chi connectivity index (χ0) is 15.3. The maximum absolute atomic E-state index is 12.0. The average molecular weight is 297 g/mol. The molecule has 112 valence electrons. The van der Waals surface area contributed by atoms with Crippen LogP contribution in [0.15, 0.2) is 24.3 Å². The normalized spacial score (nSPS) is 13.2. The van der Waals surface area contributed by atoms with Crippen molar-refractivity contribution in [3.05, 3.63) is 35.4 Å². The lowest BCUT2D eigenvalue weighted by Crippen LogP contribution is -2.39. The minimum atomic E-state index is -3.43. The molecule has 0 radical (unpaired) electrons. The molecule has 1 aromatic rings. The number of hydrogen-bond donors (Lipinski definition) is 1. The molecule has 20 heavy (non-hydrogen) atoms. The van der Waals surface area contributed by atoms with Crippen LogP contribution in [0.1, 0.15) is 31.9 Å². The number of benzene rings is 1. The Morgan fingerprint density at radius 2 is 1.70 bits per heavy atom. The van der Waals surface area contributed by atoms with Crippen LogP contribution < -0.4 is 5.32 Å². The lowest BCUT2D eigenvalue weighted by Gasteiger charge is -2.17. The van der Waals surface area contributed by atoms with E-state index in [0.29, 0.717) is 5.56 Å². The van der Waals surface area contributed by atoms with Gasteiger partial charge in [-0.2, -0.15) is 0 Å². The van der Waals surface area contributed by atoms with Crippen LogP contribution in [-0.2, 0) is 20.4 Å². The molecule has 1 amide bonds. The molecule has 0 spiro atoms. The molecule has 1 rings (SSSR count). The van der Waals surface area contributed by atoms with Crippen LogP contribution >= 0.6 is 0 Å². The Morgan fingerprint density at radius 3 is 2.20 bits per heavy atom.